The molecule has 5 nitrogen and oxygen atoms in total. The summed E-state index contributed by atoms with van der Waals surface area (Å²) in [5.74, 6) is -0.191. The summed E-state index contributed by atoms with van der Waals surface area (Å²) < 4.78 is 0. The highest BCUT2D eigenvalue weighted by molar-refractivity contribution is 6.00. The van der Waals surface area contributed by atoms with E-state index in [9.17, 15) is 9.59 Å². The number of Topliss-reactive ketones (excluding diaryl/α,β-unsaturated/α-hetero) is 1. The number of carbonyl (C=O) groups is 1. The van der Waals surface area contributed by atoms with Crippen molar-refractivity contribution in [2.45, 2.75) is 13.8 Å². The second kappa shape index (κ2) is 5.57. The van der Waals surface area contributed by atoms with Gasteiger partial charge in [-0.05, 0) is 38.6 Å². The first-order valence-corrected chi connectivity index (χ1v) is 7.58. The second-order valence-corrected chi connectivity index (χ2v) is 6.03. The van der Waals surface area contributed by atoms with Crippen molar-refractivity contribution in [2.24, 2.45) is 0 Å². The molecule has 22 heavy (non-hydrogen) atoms. The highest BCUT2D eigenvalue weighted by Gasteiger charge is 2.17. The summed E-state index contributed by atoms with van der Waals surface area (Å²) in [5, 5.41) is 0.933. The van der Waals surface area contributed by atoms with Crippen LogP contribution in [0.1, 0.15) is 22.8 Å². The van der Waals surface area contributed by atoms with Gasteiger partial charge in [-0.1, -0.05) is 6.07 Å². The van der Waals surface area contributed by atoms with Crippen LogP contribution in [-0.4, -0.2) is 48.9 Å². The van der Waals surface area contributed by atoms with Crippen molar-refractivity contribution in [3.63, 3.8) is 0 Å². The molecule has 1 saturated heterocycles. The SMILES string of the molecule is CC(=O)c1c(C)c2ccc(N3CCN(C)CC3)cc2[nH]c1=O. The zero-order chi connectivity index (χ0) is 15.9. The van der Waals surface area contributed by atoms with Gasteiger partial charge in [0.15, 0.2) is 5.78 Å². The predicted molar refractivity (Wildman–Crippen MR) is 89.0 cm³/mol. The summed E-state index contributed by atoms with van der Waals surface area (Å²) in [7, 11) is 2.13. The summed E-state index contributed by atoms with van der Waals surface area (Å²) in [4.78, 5) is 31.3. The number of rotatable bonds is 2. The molecular weight excluding hydrogens is 278 g/mol. The van der Waals surface area contributed by atoms with Gasteiger partial charge in [0.1, 0.15) is 0 Å². The molecular formula is C17H21N3O2. The standard InChI is InChI=1S/C17H21N3O2/c1-11-14-5-4-13(20-8-6-19(3)7-9-20)10-15(14)18-17(22)16(11)12(2)21/h4-5,10H,6-9H2,1-3H3,(H,18,22). The Morgan fingerprint density at radius 3 is 2.50 bits per heavy atom. The molecule has 1 aromatic heterocycles. The molecule has 1 aliphatic heterocycles. The van der Waals surface area contributed by atoms with Gasteiger partial charge in [0, 0.05) is 37.3 Å². The predicted octanol–water partition coefficient (Wildman–Crippen LogP) is 1.79. The number of hydrogen-bond donors (Lipinski definition) is 1. The molecule has 5 heteroatoms. The van der Waals surface area contributed by atoms with E-state index in [1.165, 1.54) is 6.92 Å². The van der Waals surface area contributed by atoms with Crippen LogP contribution in [0.4, 0.5) is 5.69 Å². The monoisotopic (exact) mass is 299 g/mol. The third kappa shape index (κ3) is 2.52. The van der Waals surface area contributed by atoms with Crippen molar-refractivity contribution >= 4 is 22.4 Å². The molecule has 2 heterocycles. The molecule has 0 atom stereocenters. The minimum atomic E-state index is -0.298. The number of aryl methyl sites for hydroxylation is 1. The Hall–Kier alpha value is -2.14. The van der Waals surface area contributed by atoms with Gasteiger partial charge in [-0.2, -0.15) is 0 Å². The number of benzene rings is 1. The van der Waals surface area contributed by atoms with Crippen molar-refractivity contribution in [1.29, 1.82) is 0 Å². The maximum absolute atomic E-state index is 12.1. The Kier molecular flexibility index (Phi) is 3.74. The van der Waals surface area contributed by atoms with Gasteiger partial charge in [0.2, 0.25) is 0 Å². The Morgan fingerprint density at radius 1 is 1.18 bits per heavy atom. The topological polar surface area (TPSA) is 56.4 Å². The first kappa shape index (κ1) is 14.8. The van der Waals surface area contributed by atoms with Gasteiger partial charge in [0.25, 0.3) is 5.56 Å². The fourth-order valence-corrected chi connectivity index (χ4v) is 3.14. The lowest BCUT2D eigenvalue weighted by Crippen LogP contribution is -2.44. The number of aromatic amines is 1. The summed E-state index contributed by atoms with van der Waals surface area (Å²) >= 11 is 0. The molecule has 0 saturated carbocycles. The van der Waals surface area contributed by atoms with Crippen LogP contribution < -0.4 is 10.5 Å². The molecule has 1 fully saturated rings. The third-order valence-corrected chi connectivity index (χ3v) is 4.48. The minimum Gasteiger partial charge on any atom is -0.369 e. The van der Waals surface area contributed by atoms with Gasteiger partial charge in [-0.3, -0.25) is 9.59 Å². The fraction of sp³-hybridized carbons (Fsp3) is 0.412. The van der Waals surface area contributed by atoms with E-state index >= 15 is 0 Å². The lowest BCUT2D eigenvalue weighted by molar-refractivity contribution is 0.101. The highest BCUT2D eigenvalue weighted by Crippen LogP contribution is 2.24. The van der Waals surface area contributed by atoms with E-state index in [4.69, 9.17) is 0 Å². The van der Waals surface area contributed by atoms with Crippen molar-refractivity contribution < 1.29 is 4.79 Å². The lowest BCUT2D eigenvalue weighted by atomic mass is 10.0. The number of piperazine rings is 1. The van der Waals surface area contributed by atoms with E-state index in [-0.39, 0.29) is 16.9 Å². The van der Waals surface area contributed by atoms with E-state index in [0.717, 1.165) is 48.3 Å². The van der Waals surface area contributed by atoms with Crippen LogP contribution in [0.15, 0.2) is 23.0 Å². The Bertz CT molecular complexity index is 786. The number of hydrogen-bond acceptors (Lipinski definition) is 4. The first-order valence-electron chi connectivity index (χ1n) is 7.58. The van der Waals surface area contributed by atoms with Crippen LogP contribution in [0.3, 0.4) is 0 Å². The lowest BCUT2D eigenvalue weighted by Gasteiger charge is -2.34. The molecule has 0 unspecified atom stereocenters. The molecule has 0 bridgehead atoms. The number of carbonyl (C=O) groups excluding carboxylic acids is 1. The molecule has 1 N–H and O–H groups in total. The Labute approximate surface area is 129 Å². The summed E-state index contributed by atoms with van der Waals surface area (Å²) in [6.07, 6.45) is 0. The summed E-state index contributed by atoms with van der Waals surface area (Å²) in [6.45, 7) is 7.31. The summed E-state index contributed by atoms with van der Waals surface area (Å²) in [6, 6.07) is 6.09. The Morgan fingerprint density at radius 2 is 1.86 bits per heavy atom. The largest absolute Gasteiger partial charge is 0.369 e. The first-order chi connectivity index (χ1) is 10.5. The number of fused-ring (bicyclic) bond motifs is 1. The van der Waals surface area contributed by atoms with E-state index in [1.807, 2.05) is 19.1 Å². The van der Waals surface area contributed by atoms with Crippen LogP contribution in [0.2, 0.25) is 0 Å². The van der Waals surface area contributed by atoms with Gasteiger partial charge < -0.3 is 14.8 Å². The maximum Gasteiger partial charge on any atom is 0.259 e. The molecule has 0 radical (unpaired) electrons. The van der Waals surface area contributed by atoms with Crippen molar-refractivity contribution in [3.8, 4) is 0 Å². The minimum absolute atomic E-state index is 0.191. The highest BCUT2D eigenvalue weighted by atomic mass is 16.1. The van der Waals surface area contributed by atoms with Crippen LogP contribution in [-0.2, 0) is 0 Å². The van der Waals surface area contributed by atoms with E-state index in [1.54, 1.807) is 0 Å². The fourth-order valence-electron chi connectivity index (χ4n) is 3.14. The van der Waals surface area contributed by atoms with Crippen molar-refractivity contribution in [3.05, 3.63) is 39.7 Å². The van der Waals surface area contributed by atoms with Crippen molar-refractivity contribution in [1.82, 2.24) is 9.88 Å². The number of aromatic nitrogens is 1. The quantitative estimate of drug-likeness (QED) is 0.859. The average Bonchev–Trinajstić information content (AvgIpc) is 2.47. The molecule has 1 aromatic carbocycles. The zero-order valence-corrected chi connectivity index (χ0v) is 13.3. The molecule has 2 aromatic rings. The number of H-pyrrole nitrogens is 1. The van der Waals surface area contributed by atoms with Crippen LogP contribution >= 0.6 is 0 Å². The van der Waals surface area contributed by atoms with Crippen molar-refractivity contribution in [2.75, 3.05) is 38.1 Å². The van der Waals surface area contributed by atoms with Crippen LogP contribution in [0, 0.1) is 6.92 Å². The van der Waals surface area contributed by atoms with Gasteiger partial charge >= 0.3 is 0 Å². The van der Waals surface area contributed by atoms with Gasteiger partial charge in [-0.25, -0.2) is 0 Å². The maximum atomic E-state index is 12.1. The van der Waals surface area contributed by atoms with Gasteiger partial charge in [-0.15, -0.1) is 0 Å². The Balaban J connectivity index is 2.06. The van der Waals surface area contributed by atoms with E-state index in [2.05, 4.69) is 27.9 Å². The molecule has 0 amide bonds. The molecule has 0 spiro atoms. The van der Waals surface area contributed by atoms with E-state index < -0.39 is 0 Å². The molecule has 1 aliphatic rings. The average molecular weight is 299 g/mol. The number of anilines is 1. The van der Waals surface area contributed by atoms with E-state index in [0.29, 0.717) is 0 Å². The second-order valence-electron chi connectivity index (χ2n) is 6.03. The number of nitrogens with one attached hydrogen (secondary N) is 1. The number of nitrogens with zero attached hydrogens (tertiary/aromatic N) is 2. The van der Waals surface area contributed by atoms with Crippen LogP contribution in [0.5, 0.6) is 0 Å². The van der Waals surface area contributed by atoms with Gasteiger partial charge in [0.05, 0.1) is 11.1 Å². The number of likely N-dealkylation sites (N-methyl/N-ethyl adjacent to an activating group) is 1. The number of ketones is 1. The third-order valence-electron chi connectivity index (χ3n) is 4.48. The normalized spacial score (nSPS) is 16.2. The number of pyridine rings is 1. The zero-order valence-electron chi connectivity index (χ0n) is 13.3. The molecule has 0 aliphatic carbocycles. The molecule has 116 valence electrons. The smallest absolute Gasteiger partial charge is 0.259 e. The van der Waals surface area contributed by atoms with Crippen LogP contribution in [0.25, 0.3) is 10.9 Å². The summed E-state index contributed by atoms with van der Waals surface area (Å²) in [5.41, 5.74) is 2.64. The molecule has 3 rings (SSSR count).